The molecule has 1 aliphatic carbocycles. The summed E-state index contributed by atoms with van der Waals surface area (Å²) >= 11 is 1.55. The molecule has 150 valence electrons. The number of carbonyl (C=O) groups excluding carboxylic acids is 1. The summed E-state index contributed by atoms with van der Waals surface area (Å²) in [5.41, 5.74) is 5.92. The second-order valence-electron chi connectivity index (χ2n) is 7.85. The van der Waals surface area contributed by atoms with Gasteiger partial charge >= 0.3 is 0 Å². The van der Waals surface area contributed by atoms with Crippen molar-refractivity contribution in [2.45, 2.75) is 51.8 Å². The van der Waals surface area contributed by atoms with E-state index >= 15 is 0 Å². The molecule has 0 spiro atoms. The molecule has 1 saturated carbocycles. The molecule has 1 aliphatic rings. The normalized spacial score (nSPS) is 13.5. The summed E-state index contributed by atoms with van der Waals surface area (Å²) in [5.74, 6) is 1.35. The molecule has 1 fully saturated rings. The first-order chi connectivity index (χ1) is 14.1. The van der Waals surface area contributed by atoms with Crippen molar-refractivity contribution in [1.29, 1.82) is 0 Å². The lowest BCUT2D eigenvalue weighted by atomic mass is 10.0. The van der Waals surface area contributed by atoms with E-state index < -0.39 is 0 Å². The smallest absolute Gasteiger partial charge is 0.254 e. The van der Waals surface area contributed by atoms with E-state index in [9.17, 15) is 4.79 Å². The molecule has 1 aromatic heterocycles. The predicted molar refractivity (Wildman–Crippen MR) is 116 cm³/mol. The topological polar surface area (TPSA) is 42.4 Å². The van der Waals surface area contributed by atoms with Crippen LogP contribution in [0.1, 0.15) is 59.8 Å². The molecular formula is C24H26N2O2S. The summed E-state index contributed by atoms with van der Waals surface area (Å²) in [6, 6.07) is 16.4. The van der Waals surface area contributed by atoms with Crippen LogP contribution in [0.2, 0.25) is 0 Å². The van der Waals surface area contributed by atoms with Gasteiger partial charge in [-0.15, -0.1) is 11.3 Å². The van der Waals surface area contributed by atoms with Crippen molar-refractivity contribution in [1.82, 2.24) is 9.88 Å². The number of ether oxygens (including phenoxy) is 1. The highest BCUT2D eigenvalue weighted by molar-refractivity contribution is 7.07. The monoisotopic (exact) mass is 406 g/mol. The fourth-order valence-electron chi connectivity index (χ4n) is 3.28. The van der Waals surface area contributed by atoms with Crippen molar-refractivity contribution in [3.8, 4) is 5.75 Å². The molecular weight excluding hydrogens is 380 g/mol. The summed E-state index contributed by atoms with van der Waals surface area (Å²) in [6.07, 6.45) is 2.18. The van der Waals surface area contributed by atoms with Crippen LogP contribution in [0.25, 0.3) is 0 Å². The molecule has 0 N–H and O–H groups in total. The standard InChI is InChI=1S/C24H26N2O2S/c1-17(2)19-5-3-18(4-6-19)13-26(22-9-10-22)24(27)20-7-11-23(12-8-20)28-14-21-15-29-16-25-21/h3-8,11-12,15-17,22H,9-10,13-14H2,1-2H3. The van der Waals surface area contributed by atoms with Gasteiger partial charge in [0.05, 0.1) is 11.2 Å². The van der Waals surface area contributed by atoms with Gasteiger partial charge in [0.15, 0.2) is 0 Å². The van der Waals surface area contributed by atoms with Crippen LogP contribution in [0.15, 0.2) is 59.4 Å². The van der Waals surface area contributed by atoms with E-state index in [0.29, 0.717) is 30.7 Å². The van der Waals surface area contributed by atoms with Gasteiger partial charge in [0.2, 0.25) is 0 Å². The summed E-state index contributed by atoms with van der Waals surface area (Å²) < 4.78 is 5.75. The Morgan fingerprint density at radius 1 is 1.14 bits per heavy atom. The molecule has 1 heterocycles. The molecule has 0 saturated heterocycles. The largest absolute Gasteiger partial charge is 0.487 e. The molecule has 2 aromatic carbocycles. The van der Waals surface area contributed by atoms with Gasteiger partial charge in [-0.2, -0.15) is 0 Å². The van der Waals surface area contributed by atoms with Gasteiger partial charge < -0.3 is 9.64 Å². The number of carbonyl (C=O) groups is 1. The molecule has 3 aromatic rings. The van der Waals surface area contributed by atoms with Crippen LogP contribution >= 0.6 is 11.3 Å². The van der Waals surface area contributed by atoms with Crippen molar-refractivity contribution in [3.63, 3.8) is 0 Å². The summed E-state index contributed by atoms with van der Waals surface area (Å²) in [6.45, 7) is 5.49. The summed E-state index contributed by atoms with van der Waals surface area (Å²) in [4.78, 5) is 19.4. The number of hydrogen-bond acceptors (Lipinski definition) is 4. The van der Waals surface area contributed by atoms with Gasteiger partial charge in [-0.25, -0.2) is 4.98 Å². The fraction of sp³-hybridized carbons (Fsp3) is 0.333. The Labute approximate surface area is 176 Å². The van der Waals surface area contributed by atoms with Crippen LogP contribution in [-0.4, -0.2) is 21.8 Å². The third kappa shape index (κ3) is 5.04. The van der Waals surface area contributed by atoms with Crippen molar-refractivity contribution < 1.29 is 9.53 Å². The number of amides is 1. The highest BCUT2D eigenvalue weighted by Crippen LogP contribution is 2.30. The third-order valence-corrected chi connectivity index (χ3v) is 5.85. The van der Waals surface area contributed by atoms with Gasteiger partial charge in [0, 0.05) is 23.5 Å². The molecule has 29 heavy (non-hydrogen) atoms. The average molecular weight is 407 g/mol. The highest BCUT2D eigenvalue weighted by atomic mass is 32.1. The van der Waals surface area contributed by atoms with Gasteiger partial charge in [-0.1, -0.05) is 38.1 Å². The van der Waals surface area contributed by atoms with E-state index in [-0.39, 0.29) is 5.91 Å². The maximum Gasteiger partial charge on any atom is 0.254 e. The van der Waals surface area contributed by atoms with E-state index in [4.69, 9.17) is 4.74 Å². The lowest BCUT2D eigenvalue weighted by molar-refractivity contribution is 0.0730. The molecule has 0 atom stereocenters. The van der Waals surface area contributed by atoms with Crippen LogP contribution in [0.5, 0.6) is 5.75 Å². The number of benzene rings is 2. The van der Waals surface area contributed by atoms with Crippen molar-refractivity contribution in [3.05, 3.63) is 81.8 Å². The highest BCUT2D eigenvalue weighted by Gasteiger charge is 2.33. The molecule has 4 rings (SSSR count). The third-order valence-electron chi connectivity index (χ3n) is 5.22. The average Bonchev–Trinajstić information content (AvgIpc) is 3.45. The van der Waals surface area contributed by atoms with Gasteiger partial charge in [-0.3, -0.25) is 4.79 Å². The van der Waals surface area contributed by atoms with Gasteiger partial charge in [0.1, 0.15) is 12.4 Å². The maximum atomic E-state index is 13.1. The minimum absolute atomic E-state index is 0.0893. The molecule has 5 heteroatoms. The maximum absolute atomic E-state index is 13.1. The minimum atomic E-state index is 0.0893. The van der Waals surface area contributed by atoms with E-state index in [0.717, 1.165) is 24.3 Å². The first-order valence-corrected chi connectivity index (χ1v) is 11.0. The summed E-state index contributed by atoms with van der Waals surface area (Å²) in [7, 11) is 0. The van der Waals surface area contributed by atoms with Crippen LogP contribution in [0, 0.1) is 0 Å². The quantitative estimate of drug-likeness (QED) is 0.485. The lowest BCUT2D eigenvalue weighted by Crippen LogP contribution is -2.32. The number of thiazole rings is 1. The zero-order valence-corrected chi connectivity index (χ0v) is 17.7. The SMILES string of the molecule is CC(C)c1ccc(CN(C(=O)c2ccc(OCc3cscn3)cc2)C2CC2)cc1. The first kappa shape index (κ1) is 19.6. The van der Waals surface area contributed by atoms with Crippen LogP contribution in [0.3, 0.4) is 0 Å². The van der Waals surface area contributed by atoms with E-state index in [1.165, 1.54) is 11.1 Å². The number of rotatable bonds is 8. The molecule has 0 radical (unpaired) electrons. The fourth-order valence-corrected chi connectivity index (χ4v) is 3.83. The second kappa shape index (κ2) is 8.78. The minimum Gasteiger partial charge on any atom is -0.487 e. The Balaban J connectivity index is 1.41. The Morgan fingerprint density at radius 2 is 1.86 bits per heavy atom. The van der Waals surface area contributed by atoms with Gasteiger partial charge in [-0.05, 0) is 54.2 Å². The zero-order valence-electron chi connectivity index (χ0n) is 16.9. The Kier molecular flexibility index (Phi) is 5.95. The van der Waals surface area contributed by atoms with Crippen LogP contribution < -0.4 is 4.74 Å². The number of aromatic nitrogens is 1. The van der Waals surface area contributed by atoms with E-state index in [1.54, 1.807) is 16.8 Å². The second-order valence-corrected chi connectivity index (χ2v) is 8.57. The molecule has 0 bridgehead atoms. The van der Waals surface area contributed by atoms with Crippen molar-refractivity contribution in [2.24, 2.45) is 0 Å². The van der Waals surface area contributed by atoms with Crippen molar-refractivity contribution in [2.75, 3.05) is 0 Å². The summed E-state index contributed by atoms with van der Waals surface area (Å²) in [5, 5.41) is 1.97. The Bertz CT molecular complexity index is 930. The Morgan fingerprint density at radius 3 is 2.45 bits per heavy atom. The van der Waals surface area contributed by atoms with Crippen LogP contribution in [-0.2, 0) is 13.2 Å². The molecule has 0 unspecified atom stereocenters. The molecule has 0 aliphatic heterocycles. The first-order valence-electron chi connectivity index (χ1n) is 10.1. The van der Waals surface area contributed by atoms with E-state index in [2.05, 4.69) is 43.1 Å². The lowest BCUT2D eigenvalue weighted by Gasteiger charge is -2.23. The predicted octanol–water partition coefficient (Wildman–Crippen LogP) is 5.65. The van der Waals surface area contributed by atoms with Crippen molar-refractivity contribution >= 4 is 17.2 Å². The van der Waals surface area contributed by atoms with Crippen LogP contribution in [0.4, 0.5) is 0 Å². The zero-order chi connectivity index (χ0) is 20.2. The van der Waals surface area contributed by atoms with E-state index in [1.807, 2.05) is 34.5 Å². The Hall–Kier alpha value is -2.66. The number of hydrogen-bond donors (Lipinski definition) is 0. The molecule has 4 nitrogen and oxygen atoms in total. The number of nitrogens with zero attached hydrogens (tertiary/aromatic N) is 2. The molecule has 1 amide bonds. The van der Waals surface area contributed by atoms with Gasteiger partial charge in [0.25, 0.3) is 5.91 Å².